The third-order valence-electron chi connectivity index (χ3n) is 3.26. The Bertz CT molecular complexity index is 514. The maximum Gasteiger partial charge on any atom is 0.254 e. The highest BCUT2D eigenvalue weighted by Crippen LogP contribution is 2.33. The molecule has 1 aliphatic rings. The molecule has 0 aliphatic carbocycles. The second-order valence-corrected chi connectivity index (χ2v) is 6.12. The van der Waals surface area contributed by atoms with Gasteiger partial charge in [0.1, 0.15) is 5.82 Å². The number of nitrogens with zero attached hydrogens (tertiary/aromatic N) is 2. The summed E-state index contributed by atoms with van der Waals surface area (Å²) >= 11 is 2.28. The summed E-state index contributed by atoms with van der Waals surface area (Å²) in [7, 11) is 0. The van der Waals surface area contributed by atoms with Crippen LogP contribution in [0.4, 0.5) is 4.39 Å². The molecule has 4 nitrogen and oxygen atoms in total. The molecule has 1 saturated heterocycles. The molecule has 1 aromatic carbocycles. The first kappa shape index (κ1) is 14.2. The lowest BCUT2D eigenvalue weighted by atomic mass is 9.98. The van der Waals surface area contributed by atoms with Crippen LogP contribution in [0.2, 0.25) is 0 Å². The first-order valence-corrected chi connectivity index (χ1v) is 7.11. The average molecular weight is 373 g/mol. The summed E-state index contributed by atoms with van der Waals surface area (Å²) in [4.78, 5) is 13.5. The van der Waals surface area contributed by atoms with Gasteiger partial charge in [-0.25, -0.2) is 4.39 Å². The highest BCUT2D eigenvalue weighted by molar-refractivity contribution is 14.1. The molecular weight excluding hydrogens is 360 g/mol. The maximum atomic E-state index is 12.9. The molecule has 1 heterocycles. The lowest BCUT2D eigenvalue weighted by molar-refractivity contribution is -0.130. The second-order valence-electron chi connectivity index (χ2n) is 4.52. The summed E-state index contributed by atoms with van der Waals surface area (Å²) in [5.41, 5.74) is 6.44. The van der Waals surface area contributed by atoms with Crippen LogP contribution in [0.5, 0.6) is 0 Å². The lowest BCUT2D eigenvalue weighted by Crippen LogP contribution is -2.41. The van der Waals surface area contributed by atoms with E-state index in [0.717, 1.165) is 5.56 Å². The molecule has 2 rings (SSSR count). The molecule has 6 heteroatoms. The number of carbonyl (C=O) groups is 1. The number of nitrogens with two attached hydrogens (primary N) is 1. The molecule has 100 valence electrons. The predicted octanol–water partition coefficient (Wildman–Crippen LogP) is 1.41. The Morgan fingerprint density at radius 1 is 1.47 bits per heavy atom. The van der Waals surface area contributed by atoms with Gasteiger partial charge < -0.3 is 10.6 Å². The van der Waals surface area contributed by atoms with Gasteiger partial charge in [-0.2, -0.15) is 5.26 Å². The van der Waals surface area contributed by atoms with E-state index in [0.29, 0.717) is 13.1 Å². The molecule has 19 heavy (non-hydrogen) atoms. The molecule has 0 bridgehead atoms. The second kappa shape index (κ2) is 5.84. The van der Waals surface area contributed by atoms with Crippen molar-refractivity contribution in [2.45, 2.75) is 15.9 Å². The molecule has 0 saturated carbocycles. The molecule has 0 spiro atoms. The van der Waals surface area contributed by atoms with Crippen molar-refractivity contribution < 1.29 is 9.18 Å². The van der Waals surface area contributed by atoms with Gasteiger partial charge in [-0.1, -0.05) is 34.7 Å². The Balaban J connectivity index is 2.12. The quantitative estimate of drug-likeness (QED) is 0.630. The van der Waals surface area contributed by atoms with Gasteiger partial charge in [-0.3, -0.25) is 4.79 Å². The van der Waals surface area contributed by atoms with Crippen LogP contribution in [-0.4, -0.2) is 33.9 Å². The van der Waals surface area contributed by atoms with Gasteiger partial charge in [-0.05, 0) is 17.7 Å². The van der Waals surface area contributed by atoms with Crippen molar-refractivity contribution >= 4 is 28.5 Å². The monoisotopic (exact) mass is 373 g/mol. The molecule has 0 radical (unpaired) electrons. The number of amides is 1. The Morgan fingerprint density at radius 2 is 2.11 bits per heavy atom. The van der Waals surface area contributed by atoms with E-state index in [1.54, 1.807) is 23.1 Å². The van der Waals surface area contributed by atoms with Crippen LogP contribution in [0, 0.1) is 17.1 Å². The van der Waals surface area contributed by atoms with E-state index in [-0.39, 0.29) is 21.6 Å². The molecule has 1 fully saturated rings. The van der Waals surface area contributed by atoms with Crippen molar-refractivity contribution in [1.29, 1.82) is 5.26 Å². The van der Waals surface area contributed by atoms with Gasteiger partial charge in [0.15, 0.2) is 6.04 Å². The largest absolute Gasteiger partial charge is 0.339 e. The standard InChI is InChI=1S/C13H13FIN3O/c14-9-3-1-8(2-4-9)10-6-18(7-11(10)15)13(19)12(17)5-16/h1-4,10-12H,6-7,17H2. The van der Waals surface area contributed by atoms with E-state index in [2.05, 4.69) is 22.6 Å². The Kier molecular flexibility index (Phi) is 4.37. The topological polar surface area (TPSA) is 70.1 Å². The minimum atomic E-state index is -1.10. The van der Waals surface area contributed by atoms with Gasteiger partial charge >= 0.3 is 0 Å². The van der Waals surface area contributed by atoms with Crippen LogP contribution in [0.3, 0.4) is 0 Å². The molecule has 2 N–H and O–H groups in total. The first-order valence-electron chi connectivity index (χ1n) is 5.86. The van der Waals surface area contributed by atoms with Crippen molar-refractivity contribution in [1.82, 2.24) is 4.90 Å². The molecular formula is C13H13FIN3O. The van der Waals surface area contributed by atoms with Crippen LogP contribution in [0.25, 0.3) is 0 Å². The zero-order chi connectivity index (χ0) is 14.0. The van der Waals surface area contributed by atoms with Crippen molar-refractivity contribution in [2.75, 3.05) is 13.1 Å². The van der Waals surface area contributed by atoms with Crippen LogP contribution >= 0.6 is 22.6 Å². The smallest absolute Gasteiger partial charge is 0.254 e. The molecule has 1 aromatic rings. The highest BCUT2D eigenvalue weighted by Gasteiger charge is 2.36. The van der Waals surface area contributed by atoms with Crippen molar-refractivity contribution in [3.05, 3.63) is 35.6 Å². The number of hydrogen-bond acceptors (Lipinski definition) is 3. The molecule has 0 aromatic heterocycles. The summed E-state index contributed by atoms with van der Waals surface area (Å²) in [6.07, 6.45) is 0. The van der Waals surface area contributed by atoms with E-state index >= 15 is 0 Å². The number of carbonyl (C=O) groups excluding carboxylic acids is 1. The summed E-state index contributed by atoms with van der Waals surface area (Å²) in [6, 6.07) is 6.97. The van der Waals surface area contributed by atoms with Crippen LogP contribution in [-0.2, 0) is 4.79 Å². The normalized spacial score (nSPS) is 24.0. The number of alkyl halides is 1. The first-order chi connectivity index (χ1) is 9.02. The zero-order valence-corrected chi connectivity index (χ0v) is 12.2. The molecule has 1 aliphatic heterocycles. The summed E-state index contributed by atoms with van der Waals surface area (Å²) in [5.74, 6) is -0.462. The number of likely N-dealkylation sites (tertiary alicyclic amines) is 1. The highest BCUT2D eigenvalue weighted by atomic mass is 127. The minimum absolute atomic E-state index is 0.149. The number of halogens is 2. The minimum Gasteiger partial charge on any atom is -0.339 e. The fourth-order valence-electron chi connectivity index (χ4n) is 2.22. The van der Waals surface area contributed by atoms with E-state index < -0.39 is 6.04 Å². The lowest BCUT2D eigenvalue weighted by Gasteiger charge is -2.17. The SMILES string of the molecule is N#CC(N)C(=O)N1CC(I)C(c2ccc(F)cc2)C1. The van der Waals surface area contributed by atoms with Crippen LogP contribution in [0.15, 0.2) is 24.3 Å². The zero-order valence-electron chi connectivity index (χ0n) is 10.1. The van der Waals surface area contributed by atoms with Crippen molar-refractivity contribution in [2.24, 2.45) is 5.73 Å². The van der Waals surface area contributed by atoms with Gasteiger partial charge in [0.25, 0.3) is 5.91 Å². The molecule has 3 unspecified atom stereocenters. The average Bonchev–Trinajstić information content (AvgIpc) is 2.80. The number of rotatable bonds is 2. The van der Waals surface area contributed by atoms with E-state index in [4.69, 9.17) is 11.0 Å². The summed E-state index contributed by atoms with van der Waals surface area (Å²) in [5, 5.41) is 8.68. The van der Waals surface area contributed by atoms with Crippen LogP contribution < -0.4 is 5.73 Å². The van der Waals surface area contributed by atoms with Crippen LogP contribution in [0.1, 0.15) is 11.5 Å². The Labute approximate surface area is 124 Å². The predicted molar refractivity (Wildman–Crippen MR) is 77.1 cm³/mol. The fraction of sp³-hybridized carbons (Fsp3) is 0.385. The van der Waals surface area contributed by atoms with Crippen molar-refractivity contribution in [3.63, 3.8) is 0 Å². The van der Waals surface area contributed by atoms with Gasteiger partial charge in [0, 0.05) is 22.9 Å². The number of hydrogen-bond donors (Lipinski definition) is 1. The van der Waals surface area contributed by atoms with E-state index in [9.17, 15) is 9.18 Å². The van der Waals surface area contributed by atoms with Crippen molar-refractivity contribution in [3.8, 4) is 6.07 Å². The fourth-order valence-corrected chi connectivity index (χ4v) is 3.34. The number of nitriles is 1. The maximum absolute atomic E-state index is 12.9. The Morgan fingerprint density at radius 3 is 2.68 bits per heavy atom. The number of benzene rings is 1. The molecule has 1 amide bonds. The molecule has 3 atom stereocenters. The third kappa shape index (κ3) is 3.04. The van der Waals surface area contributed by atoms with E-state index in [1.165, 1.54) is 12.1 Å². The summed E-state index contributed by atoms with van der Waals surface area (Å²) < 4.78 is 13.1. The van der Waals surface area contributed by atoms with E-state index in [1.807, 2.05) is 0 Å². The summed E-state index contributed by atoms with van der Waals surface area (Å²) in [6.45, 7) is 1.09. The third-order valence-corrected chi connectivity index (χ3v) is 4.53. The van der Waals surface area contributed by atoms with Gasteiger partial charge in [-0.15, -0.1) is 0 Å². The Hall–Kier alpha value is -1.20. The van der Waals surface area contributed by atoms with Gasteiger partial charge in [0.05, 0.1) is 6.07 Å². The van der Waals surface area contributed by atoms with Gasteiger partial charge in [0.2, 0.25) is 0 Å².